The van der Waals surface area contributed by atoms with E-state index in [1.807, 2.05) is 0 Å². The fraction of sp³-hybridized carbons (Fsp3) is 0.273. The Morgan fingerprint density at radius 1 is 1.32 bits per heavy atom. The first-order chi connectivity index (χ1) is 8.90. The van der Waals surface area contributed by atoms with Crippen LogP contribution >= 0.6 is 11.8 Å². The zero-order valence-corrected chi connectivity index (χ0v) is 10.7. The van der Waals surface area contributed by atoms with E-state index >= 15 is 0 Å². The summed E-state index contributed by atoms with van der Waals surface area (Å²) in [5.74, 6) is -3.80. The number of nitrogens with one attached hydrogen (secondary N) is 2. The van der Waals surface area contributed by atoms with E-state index in [0.717, 1.165) is 0 Å². The molecule has 0 aromatic heterocycles. The number of alkyl halides is 2. The summed E-state index contributed by atoms with van der Waals surface area (Å²) in [6.07, 6.45) is 0. The summed E-state index contributed by atoms with van der Waals surface area (Å²) in [4.78, 5) is 22.2. The molecule has 19 heavy (non-hydrogen) atoms. The molecule has 0 bridgehead atoms. The Labute approximate surface area is 112 Å². The number of para-hydroxylation sites is 1. The molecular formula is C11H12F2N2O3S. The zero-order valence-electron chi connectivity index (χ0n) is 9.89. The van der Waals surface area contributed by atoms with Gasteiger partial charge in [0.2, 0.25) is 0 Å². The van der Waals surface area contributed by atoms with Crippen molar-refractivity contribution in [2.75, 3.05) is 5.32 Å². The van der Waals surface area contributed by atoms with Gasteiger partial charge in [0.1, 0.15) is 6.04 Å². The first-order valence-corrected chi connectivity index (χ1v) is 6.12. The zero-order chi connectivity index (χ0) is 14.4. The number of halogens is 2. The summed E-state index contributed by atoms with van der Waals surface area (Å²) in [6.45, 7) is 1.29. The molecule has 1 aromatic rings. The Morgan fingerprint density at radius 3 is 2.53 bits per heavy atom. The number of amides is 2. The maximum absolute atomic E-state index is 12.3. The van der Waals surface area contributed by atoms with Crippen molar-refractivity contribution >= 4 is 29.4 Å². The minimum atomic E-state index is -2.61. The third-order valence-corrected chi connectivity index (χ3v) is 2.86. The van der Waals surface area contributed by atoms with Crippen LogP contribution < -0.4 is 10.6 Å². The van der Waals surface area contributed by atoms with Crippen molar-refractivity contribution in [1.82, 2.24) is 5.32 Å². The smallest absolute Gasteiger partial charge is 0.325 e. The number of anilines is 1. The van der Waals surface area contributed by atoms with Crippen LogP contribution in [0.3, 0.4) is 0 Å². The second-order valence-electron chi connectivity index (χ2n) is 3.53. The highest BCUT2D eigenvalue weighted by Gasteiger charge is 2.15. The van der Waals surface area contributed by atoms with E-state index in [0.29, 0.717) is 11.8 Å². The lowest BCUT2D eigenvalue weighted by Gasteiger charge is -2.13. The number of hydrogen-bond acceptors (Lipinski definition) is 3. The van der Waals surface area contributed by atoms with Gasteiger partial charge in [0.25, 0.3) is 5.76 Å². The minimum Gasteiger partial charge on any atom is -0.480 e. The van der Waals surface area contributed by atoms with Crippen molar-refractivity contribution < 1.29 is 23.5 Å². The second kappa shape index (κ2) is 6.93. The van der Waals surface area contributed by atoms with Crippen LogP contribution in [0.1, 0.15) is 6.92 Å². The van der Waals surface area contributed by atoms with Gasteiger partial charge >= 0.3 is 12.0 Å². The molecule has 0 saturated carbocycles. The van der Waals surface area contributed by atoms with E-state index in [1.165, 1.54) is 19.1 Å². The van der Waals surface area contributed by atoms with Gasteiger partial charge in [-0.25, -0.2) is 4.79 Å². The molecule has 2 amide bonds. The van der Waals surface area contributed by atoms with Gasteiger partial charge in [-0.1, -0.05) is 23.9 Å². The summed E-state index contributed by atoms with van der Waals surface area (Å²) >= 11 is 0.300. The molecule has 1 rings (SSSR count). The van der Waals surface area contributed by atoms with Crippen molar-refractivity contribution in [2.24, 2.45) is 0 Å². The topological polar surface area (TPSA) is 78.4 Å². The number of rotatable bonds is 5. The van der Waals surface area contributed by atoms with E-state index in [2.05, 4.69) is 10.6 Å². The van der Waals surface area contributed by atoms with Gasteiger partial charge in [-0.2, -0.15) is 8.78 Å². The molecular weight excluding hydrogens is 278 g/mol. The summed E-state index contributed by atoms with van der Waals surface area (Å²) in [7, 11) is 0. The lowest BCUT2D eigenvalue weighted by atomic mass is 10.3. The monoisotopic (exact) mass is 290 g/mol. The van der Waals surface area contributed by atoms with E-state index in [9.17, 15) is 18.4 Å². The van der Waals surface area contributed by atoms with Gasteiger partial charge in [0, 0.05) is 4.90 Å². The van der Waals surface area contributed by atoms with Crippen molar-refractivity contribution in [1.29, 1.82) is 0 Å². The van der Waals surface area contributed by atoms with Gasteiger partial charge < -0.3 is 15.7 Å². The summed E-state index contributed by atoms with van der Waals surface area (Å²) in [5.41, 5.74) is 0.197. The van der Waals surface area contributed by atoms with Gasteiger partial charge in [-0.3, -0.25) is 4.79 Å². The molecule has 0 aliphatic heterocycles. The lowest BCUT2D eigenvalue weighted by molar-refractivity contribution is -0.138. The Hall–Kier alpha value is -1.83. The predicted molar refractivity (Wildman–Crippen MR) is 67.6 cm³/mol. The fourth-order valence-electron chi connectivity index (χ4n) is 1.19. The molecule has 0 radical (unpaired) electrons. The number of carbonyl (C=O) groups is 2. The minimum absolute atomic E-state index is 0.197. The Bertz CT molecular complexity index is 471. The highest BCUT2D eigenvalue weighted by atomic mass is 32.2. The summed E-state index contributed by atoms with van der Waals surface area (Å²) in [6, 6.07) is 4.19. The van der Waals surface area contributed by atoms with Gasteiger partial charge in [-0.05, 0) is 19.1 Å². The largest absolute Gasteiger partial charge is 0.480 e. The average molecular weight is 290 g/mol. The molecule has 5 nitrogen and oxygen atoms in total. The van der Waals surface area contributed by atoms with E-state index in [1.54, 1.807) is 12.1 Å². The number of benzene rings is 1. The van der Waals surface area contributed by atoms with Gasteiger partial charge in [0.05, 0.1) is 5.69 Å². The normalized spacial score (nSPS) is 12.0. The molecule has 0 fully saturated rings. The third-order valence-electron chi connectivity index (χ3n) is 2.07. The fourth-order valence-corrected chi connectivity index (χ4v) is 1.78. The van der Waals surface area contributed by atoms with E-state index < -0.39 is 23.8 Å². The summed E-state index contributed by atoms with van der Waals surface area (Å²) < 4.78 is 24.6. The number of urea groups is 1. The van der Waals surface area contributed by atoms with Crippen molar-refractivity contribution in [3.8, 4) is 0 Å². The summed E-state index contributed by atoms with van der Waals surface area (Å²) in [5, 5.41) is 13.1. The lowest BCUT2D eigenvalue weighted by Crippen LogP contribution is -2.40. The van der Waals surface area contributed by atoms with Gasteiger partial charge in [0.15, 0.2) is 0 Å². The van der Waals surface area contributed by atoms with Crippen LogP contribution in [0, 0.1) is 0 Å². The van der Waals surface area contributed by atoms with Crippen LogP contribution in [0.15, 0.2) is 29.2 Å². The van der Waals surface area contributed by atoms with Crippen molar-refractivity contribution in [3.63, 3.8) is 0 Å². The van der Waals surface area contributed by atoms with Crippen LogP contribution in [0.2, 0.25) is 0 Å². The maximum Gasteiger partial charge on any atom is 0.325 e. The second-order valence-corrected chi connectivity index (χ2v) is 4.56. The third kappa shape index (κ3) is 5.12. The van der Waals surface area contributed by atoms with E-state index in [-0.39, 0.29) is 10.6 Å². The predicted octanol–water partition coefficient (Wildman–Crippen LogP) is 2.60. The van der Waals surface area contributed by atoms with Crippen LogP contribution in [0.25, 0.3) is 0 Å². The Morgan fingerprint density at radius 2 is 1.95 bits per heavy atom. The Balaban J connectivity index is 2.71. The molecule has 3 N–H and O–H groups in total. The number of carbonyl (C=O) groups excluding carboxylic acids is 1. The number of thioether (sulfide) groups is 1. The molecule has 0 unspecified atom stereocenters. The number of carboxylic acid groups (broad SMARTS) is 1. The SMILES string of the molecule is C[C@H](NC(=O)Nc1ccccc1SC(F)F)C(=O)O. The molecule has 0 aliphatic rings. The standard InChI is InChI=1S/C11H12F2N2O3S/c1-6(9(16)17)14-11(18)15-7-4-2-3-5-8(7)19-10(12)13/h2-6,10H,1H3,(H,16,17)(H2,14,15,18)/t6-/m0/s1. The molecule has 0 saturated heterocycles. The van der Waals surface area contributed by atoms with Crippen LogP contribution in [-0.2, 0) is 4.79 Å². The molecule has 0 spiro atoms. The molecule has 1 atom stereocenters. The van der Waals surface area contributed by atoms with E-state index in [4.69, 9.17) is 5.11 Å². The highest BCUT2D eigenvalue weighted by Crippen LogP contribution is 2.31. The van der Waals surface area contributed by atoms with Crippen molar-refractivity contribution in [2.45, 2.75) is 23.6 Å². The van der Waals surface area contributed by atoms with Crippen LogP contribution in [0.4, 0.5) is 19.3 Å². The van der Waals surface area contributed by atoms with Crippen molar-refractivity contribution in [3.05, 3.63) is 24.3 Å². The first-order valence-electron chi connectivity index (χ1n) is 5.24. The molecule has 1 aromatic carbocycles. The number of carboxylic acids is 1. The molecule has 0 heterocycles. The quantitative estimate of drug-likeness (QED) is 0.728. The van der Waals surface area contributed by atoms with Crippen LogP contribution in [0.5, 0.6) is 0 Å². The van der Waals surface area contributed by atoms with Crippen LogP contribution in [-0.4, -0.2) is 28.9 Å². The first kappa shape index (κ1) is 15.2. The average Bonchev–Trinajstić information content (AvgIpc) is 2.30. The number of hydrogen-bond donors (Lipinski definition) is 3. The Kier molecular flexibility index (Phi) is 5.56. The number of aliphatic carboxylic acids is 1. The molecule has 8 heteroatoms. The molecule has 104 valence electrons. The van der Waals surface area contributed by atoms with Gasteiger partial charge in [-0.15, -0.1) is 0 Å². The molecule has 0 aliphatic carbocycles. The highest BCUT2D eigenvalue weighted by molar-refractivity contribution is 7.99. The maximum atomic E-state index is 12.3.